The molecule has 1 N–H and O–H groups in total. The van der Waals surface area contributed by atoms with Gasteiger partial charge in [0.05, 0.1) is 18.8 Å². The highest BCUT2D eigenvalue weighted by molar-refractivity contribution is 5.77. The number of benzene rings is 1. The van der Waals surface area contributed by atoms with Crippen molar-refractivity contribution in [3.05, 3.63) is 35.9 Å². The van der Waals surface area contributed by atoms with Crippen LogP contribution >= 0.6 is 0 Å². The highest BCUT2D eigenvalue weighted by Gasteiger charge is 2.22. The van der Waals surface area contributed by atoms with Gasteiger partial charge in [-0.05, 0) is 25.8 Å². The van der Waals surface area contributed by atoms with Gasteiger partial charge in [0.2, 0.25) is 5.91 Å². The molecule has 2 aliphatic heterocycles. The topological polar surface area (TPSA) is 48.1 Å². The molecule has 0 bridgehead atoms. The summed E-state index contributed by atoms with van der Waals surface area (Å²) in [6.07, 6.45) is 1.61. The highest BCUT2D eigenvalue weighted by Crippen LogP contribution is 2.11. The summed E-state index contributed by atoms with van der Waals surface area (Å²) in [6.45, 7) is 13.5. The van der Waals surface area contributed by atoms with Crippen LogP contribution in [0.5, 0.6) is 0 Å². The first-order valence-electron chi connectivity index (χ1n) is 10.7. The van der Waals surface area contributed by atoms with Gasteiger partial charge in [0.1, 0.15) is 0 Å². The minimum Gasteiger partial charge on any atom is -0.373 e. The molecule has 28 heavy (non-hydrogen) atoms. The van der Waals surface area contributed by atoms with Gasteiger partial charge in [-0.25, -0.2) is 0 Å². The molecular weight excluding hydrogens is 352 g/mol. The van der Waals surface area contributed by atoms with E-state index in [9.17, 15) is 4.79 Å². The molecule has 6 heteroatoms. The average molecular weight is 389 g/mol. The molecule has 0 radical (unpaired) electrons. The predicted octanol–water partition coefficient (Wildman–Crippen LogP) is 1.42. The van der Waals surface area contributed by atoms with E-state index in [0.29, 0.717) is 18.8 Å². The molecule has 2 fully saturated rings. The minimum atomic E-state index is 0.153. The van der Waals surface area contributed by atoms with Gasteiger partial charge in [-0.1, -0.05) is 30.3 Å². The van der Waals surface area contributed by atoms with E-state index in [1.54, 1.807) is 0 Å². The molecule has 6 nitrogen and oxygen atoms in total. The summed E-state index contributed by atoms with van der Waals surface area (Å²) in [5, 5.41) is 3.09. The summed E-state index contributed by atoms with van der Waals surface area (Å²) < 4.78 is 5.77. The van der Waals surface area contributed by atoms with Crippen LogP contribution in [-0.2, 0) is 16.1 Å². The van der Waals surface area contributed by atoms with E-state index in [0.717, 1.165) is 65.3 Å². The third-order valence-corrected chi connectivity index (χ3v) is 5.55. The van der Waals surface area contributed by atoms with E-state index in [-0.39, 0.29) is 5.91 Å². The van der Waals surface area contributed by atoms with Crippen molar-refractivity contribution in [2.75, 3.05) is 58.9 Å². The van der Waals surface area contributed by atoms with Gasteiger partial charge in [0, 0.05) is 58.9 Å². The van der Waals surface area contributed by atoms with E-state index in [1.807, 2.05) is 0 Å². The first-order chi connectivity index (χ1) is 13.6. The van der Waals surface area contributed by atoms with Crippen molar-refractivity contribution in [3.63, 3.8) is 0 Å². The van der Waals surface area contributed by atoms with Crippen LogP contribution in [0.4, 0.5) is 0 Å². The second-order valence-corrected chi connectivity index (χ2v) is 8.26. The maximum Gasteiger partial charge on any atom is 0.234 e. The normalized spacial score (nSPS) is 24.9. The van der Waals surface area contributed by atoms with Crippen molar-refractivity contribution in [2.24, 2.45) is 0 Å². The van der Waals surface area contributed by atoms with Crippen LogP contribution in [0.25, 0.3) is 0 Å². The average Bonchev–Trinajstić information content (AvgIpc) is 2.67. The molecule has 2 unspecified atom stereocenters. The molecule has 2 aliphatic rings. The lowest BCUT2D eigenvalue weighted by atomic mass is 10.2. The molecule has 0 saturated carbocycles. The smallest absolute Gasteiger partial charge is 0.234 e. The van der Waals surface area contributed by atoms with Crippen LogP contribution in [0, 0.1) is 0 Å². The molecule has 3 rings (SSSR count). The molecule has 1 aromatic rings. The van der Waals surface area contributed by atoms with Crippen LogP contribution in [0.2, 0.25) is 0 Å². The zero-order valence-electron chi connectivity index (χ0n) is 17.5. The molecule has 0 aromatic heterocycles. The lowest BCUT2D eigenvalue weighted by Gasteiger charge is -2.35. The number of amides is 1. The molecule has 0 spiro atoms. The van der Waals surface area contributed by atoms with Crippen LogP contribution < -0.4 is 5.32 Å². The lowest BCUT2D eigenvalue weighted by Crippen LogP contribution is -2.49. The molecule has 2 heterocycles. The van der Waals surface area contributed by atoms with Crippen molar-refractivity contribution < 1.29 is 9.53 Å². The van der Waals surface area contributed by atoms with Crippen molar-refractivity contribution in [1.29, 1.82) is 0 Å². The van der Waals surface area contributed by atoms with Crippen molar-refractivity contribution in [1.82, 2.24) is 20.0 Å². The zero-order valence-corrected chi connectivity index (χ0v) is 17.5. The Morgan fingerprint density at radius 1 is 1.00 bits per heavy atom. The number of rotatable bonds is 8. The Kier molecular flexibility index (Phi) is 8.27. The van der Waals surface area contributed by atoms with Crippen LogP contribution in [0.3, 0.4) is 0 Å². The van der Waals surface area contributed by atoms with E-state index in [1.165, 1.54) is 5.56 Å². The maximum atomic E-state index is 12.2. The number of hydrogen-bond acceptors (Lipinski definition) is 5. The van der Waals surface area contributed by atoms with Crippen LogP contribution in [-0.4, -0.2) is 91.7 Å². The summed E-state index contributed by atoms with van der Waals surface area (Å²) in [5.41, 5.74) is 1.36. The fraction of sp³-hybridized carbons (Fsp3) is 0.682. The van der Waals surface area contributed by atoms with Crippen LogP contribution in [0.15, 0.2) is 30.3 Å². The molecule has 0 aliphatic carbocycles. The predicted molar refractivity (Wildman–Crippen MR) is 112 cm³/mol. The number of nitrogens with one attached hydrogen (secondary N) is 1. The maximum absolute atomic E-state index is 12.2. The van der Waals surface area contributed by atoms with Gasteiger partial charge in [0.15, 0.2) is 0 Å². The van der Waals surface area contributed by atoms with Crippen LogP contribution in [0.1, 0.15) is 25.8 Å². The summed E-state index contributed by atoms with van der Waals surface area (Å²) >= 11 is 0. The monoisotopic (exact) mass is 388 g/mol. The molecular formula is C22H36N4O2. The third-order valence-electron chi connectivity index (χ3n) is 5.55. The fourth-order valence-electron chi connectivity index (χ4n) is 4.20. The van der Waals surface area contributed by atoms with E-state index < -0.39 is 0 Å². The Balaban J connectivity index is 1.25. The number of carbonyl (C=O) groups is 1. The molecule has 2 saturated heterocycles. The molecule has 1 amide bonds. The minimum absolute atomic E-state index is 0.153. The Morgan fingerprint density at radius 2 is 1.64 bits per heavy atom. The van der Waals surface area contributed by atoms with Gasteiger partial charge >= 0.3 is 0 Å². The number of ether oxygens (including phenoxy) is 1. The summed E-state index contributed by atoms with van der Waals surface area (Å²) in [4.78, 5) is 19.4. The zero-order chi connectivity index (χ0) is 19.8. The highest BCUT2D eigenvalue weighted by atomic mass is 16.5. The first kappa shape index (κ1) is 21.2. The fourth-order valence-corrected chi connectivity index (χ4v) is 4.20. The number of morpholine rings is 1. The third kappa shape index (κ3) is 7.17. The second-order valence-electron chi connectivity index (χ2n) is 8.26. The standard InChI is InChI=1S/C22H36N4O2/c1-19-15-26(16-20(2)28-19)10-6-9-23-22(27)18-25-13-11-24(12-14-25)17-21-7-4-3-5-8-21/h3-5,7-8,19-20H,6,9-18H2,1-2H3,(H,23,27). The summed E-state index contributed by atoms with van der Waals surface area (Å²) in [6, 6.07) is 10.6. The summed E-state index contributed by atoms with van der Waals surface area (Å²) in [7, 11) is 0. The number of nitrogens with zero attached hydrogens (tertiary/aromatic N) is 3. The quantitative estimate of drug-likeness (QED) is 0.683. The second kappa shape index (κ2) is 10.9. The van der Waals surface area contributed by atoms with Crippen molar-refractivity contribution in [2.45, 2.75) is 39.0 Å². The number of piperazine rings is 1. The van der Waals surface area contributed by atoms with Crippen molar-refractivity contribution in [3.8, 4) is 0 Å². The van der Waals surface area contributed by atoms with E-state index in [4.69, 9.17) is 4.74 Å². The van der Waals surface area contributed by atoms with E-state index >= 15 is 0 Å². The van der Waals surface area contributed by atoms with Gasteiger partial charge in [0.25, 0.3) is 0 Å². The van der Waals surface area contributed by atoms with Gasteiger partial charge < -0.3 is 10.1 Å². The largest absolute Gasteiger partial charge is 0.373 e. The van der Waals surface area contributed by atoms with Gasteiger partial charge in [-0.3, -0.25) is 19.5 Å². The lowest BCUT2D eigenvalue weighted by molar-refractivity contribution is -0.122. The number of hydrogen-bond donors (Lipinski definition) is 1. The first-order valence-corrected chi connectivity index (χ1v) is 10.7. The Morgan fingerprint density at radius 3 is 2.32 bits per heavy atom. The number of carbonyl (C=O) groups excluding carboxylic acids is 1. The Hall–Kier alpha value is -1.47. The Labute approximate surface area is 169 Å². The van der Waals surface area contributed by atoms with Gasteiger partial charge in [-0.2, -0.15) is 0 Å². The van der Waals surface area contributed by atoms with Crippen molar-refractivity contribution >= 4 is 5.91 Å². The summed E-state index contributed by atoms with van der Waals surface area (Å²) in [5.74, 6) is 0.153. The Bertz CT molecular complexity index is 579. The van der Waals surface area contributed by atoms with Gasteiger partial charge in [-0.15, -0.1) is 0 Å². The van der Waals surface area contributed by atoms with E-state index in [2.05, 4.69) is 64.2 Å². The SMILES string of the molecule is CC1CN(CCCNC(=O)CN2CCN(Cc3ccccc3)CC2)CC(C)O1. The molecule has 156 valence electrons. The molecule has 1 aromatic carbocycles. The molecule has 2 atom stereocenters.